The van der Waals surface area contributed by atoms with Crippen LogP contribution in [0, 0.1) is 18.8 Å². The summed E-state index contributed by atoms with van der Waals surface area (Å²) in [6, 6.07) is 8.02. The highest BCUT2D eigenvalue weighted by molar-refractivity contribution is 5.74. The van der Waals surface area contributed by atoms with Crippen LogP contribution < -0.4 is 15.5 Å². The molecule has 188 valence electrons. The molecule has 1 aromatic rings. The van der Waals surface area contributed by atoms with Crippen molar-refractivity contribution in [2.45, 2.75) is 102 Å². The summed E-state index contributed by atoms with van der Waals surface area (Å²) >= 11 is 0. The number of carbonyl (C=O) groups excluding carboxylic acids is 1. The van der Waals surface area contributed by atoms with Crippen LogP contribution in [0.3, 0.4) is 0 Å². The first-order valence-corrected chi connectivity index (χ1v) is 12.4. The Morgan fingerprint density at radius 3 is 2.39 bits per heavy atom. The van der Waals surface area contributed by atoms with Crippen molar-refractivity contribution in [3.63, 3.8) is 0 Å². The summed E-state index contributed by atoms with van der Waals surface area (Å²) in [7, 11) is 1.95. The topological polar surface area (TPSA) is 111 Å². The van der Waals surface area contributed by atoms with Crippen molar-refractivity contribution in [1.82, 2.24) is 10.8 Å². The molecule has 0 bridgehead atoms. The fourth-order valence-corrected chi connectivity index (χ4v) is 5.06. The van der Waals surface area contributed by atoms with E-state index in [1.165, 1.54) is 0 Å². The lowest BCUT2D eigenvalue weighted by molar-refractivity contribution is -0.129. The van der Waals surface area contributed by atoms with Gasteiger partial charge in [0.2, 0.25) is 5.91 Å². The standard InChI is InChI=1S/C26H44N2O5/c1-18-11-9-10-13-24(18)33-19(2)26(3,27-4)16-15-21-20(22(29)17-23(21)30)12-7-5-6-8-14-25(31)28-32/h9-11,13,19-23,27,29-30,32H,5-8,12,14-17H2,1-4H3,(H,28,31). The molecule has 5 N–H and O–H groups in total. The number of rotatable bonds is 14. The zero-order valence-corrected chi connectivity index (χ0v) is 20.7. The van der Waals surface area contributed by atoms with E-state index in [1.54, 1.807) is 5.48 Å². The fraction of sp³-hybridized carbons (Fsp3) is 0.731. The molecule has 7 nitrogen and oxygen atoms in total. The van der Waals surface area contributed by atoms with E-state index in [9.17, 15) is 15.0 Å². The molecule has 1 aromatic carbocycles. The van der Waals surface area contributed by atoms with Crippen LogP contribution in [0.4, 0.5) is 0 Å². The number of benzene rings is 1. The van der Waals surface area contributed by atoms with E-state index in [4.69, 9.17) is 9.94 Å². The second-order valence-electron chi connectivity index (χ2n) is 9.92. The molecule has 0 radical (unpaired) electrons. The SMILES string of the molecule is CNC(C)(CCC1C(O)CC(O)C1CCCCCCC(=O)NO)C(C)Oc1ccccc1C. The minimum atomic E-state index is -0.480. The lowest BCUT2D eigenvalue weighted by Gasteiger charge is -2.37. The first kappa shape index (κ1) is 27.6. The summed E-state index contributed by atoms with van der Waals surface area (Å²) in [5, 5.41) is 33.2. The van der Waals surface area contributed by atoms with Crippen LogP contribution in [0.15, 0.2) is 24.3 Å². The molecule has 0 spiro atoms. The molecule has 0 heterocycles. The molecule has 1 aliphatic rings. The number of amides is 1. The van der Waals surface area contributed by atoms with E-state index < -0.39 is 12.2 Å². The van der Waals surface area contributed by atoms with E-state index in [0.29, 0.717) is 12.8 Å². The van der Waals surface area contributed by atoms with Crippen molar-refractivity contribution in [2.24, 2.45) is 11.8 Å². The highest BCUT2D eigenvalue weighted by Gasteiger charge is 2.42. The minimum Gasteiger partial charge on any atom is -0.489 e. The van der Waals surface area contributed by atoms with Crippen molar-refractivity contribution in [1.29, 1.82) is 0 Å². The number of carbonyl (C=O) groups is 1. The van der Waals surface area contributed by atoms with Crippen molar-refractivity contribution >= 4 is 5.91 Å². The first-order chi connectivity index (χ1) is 15.7. The Kier molecular flexibility index (Phi) is 11.1. The van der Waals surface area contributed by atoms with Gasteiger partial charge in [0.05, 0.1) is 17.7 Å². The number of aryl methyl sites for hydroxylation is 1. The maximum atomic E-state index is 11.1. The molecule has 0 saturated heterocycles. The number of nitrogens with one attached hydrogen (secondary N) is 2. The quantitative estimate of drug-likeness (QED) is 0.163. The molecule has 33 heavy (non-hydrogen) atoms. The molecule has 1 saturated carbocycles. The second-order valence-corrected chi connectivity index (χ2v) is 9.92. The Balaban J connectivity index is 1.88. The number of likely N-dealkylation sites (N-methyl/N-ethyl adjacent to an activating group) is 1. The minimum absolute atomic E-state index is 0.0679. The van der Waals surface area contributed by atoms with Gasteiger partial charge in [-0.25, -0.2) is 5.48 Å². The molecule has 6 atom stereocenters. The average molecular weight is 465 g/mol. The third-order valence-corrected chi connectivity index (χ3v) is 7.70. The van der Waals surface area contributed by atoms with Gasteiger partial charge in [-0.15, -0.1) is 0 Å². The van der Waals surface area contributed by atoms with Crippen molar-refractivity contribution in [3.8, 4) is 5.75 Å². The Morgan fingerprint density at radius 2 is 1.76 bits per heavy atom. The Morgan fingerprint density at radius 1 is 1.12 bits per heavy atom. The van der Waals surface area contributed by atoms with Crippen molar-refractivity contribution in [3.05, 3.63) is 29.8 Å². The summed E-state index contributed by atoms with van der Waals surface area (Å²) in [5.41, 5.74) is 2.49. The summed E-state index contributed by atoms with van der Waals surface area (Å²) in [4.78, 5) is 11.1. The number of aliphatic hydroxyl groups excluding tert-OH is 2. The predicted octanol–water partition coefficient (Wildman–Crippen LogP) is 3.72. The molecule has 7 heteroatoms. The van der Waals surface area contributed by atoms with Crippen molar-refractivity contribution < 1.29 is 25.0 Å². The van der Waals surface area contributed by atoms with Crippen LogP contribution in [0.5, 0.6) is 5.75 Å². The van der Waals surface area contributed by atoms with Crippen LogP contribution in [0.25, 0.3) is 0 Å². The highest BCUT2D eigenvalue weighted by atomic mass is 16.5. The average Bonchev–Trinajstić information content (AvgIpc) is 3.07. The van der Waals surface area contributed by atoms with Gasteiger partial charge in [-0.1, -0.05) is 37.5 Å². The Bertz CT molecular complexity index is 730. The van der Waals surface area contributed by atoms with Gasteiger partial charge in [-0.2, -0.15) is 0 Å². The van der Waals surface area contributed by atoms with E-state index in [0.717, 1.165) is 56.3 Å². The Labute approximate surface area is 198 Å². The normalized spacial score (nSPS) is 25.4. The van der Waals surface area contributed by atoms with Crippen molar-refractivity contribution in [2.75, 3.05) is 7.05 Å². The third kappa shape index (κ3) is 7.95. The molecular formula is C26H44N2O5. The van der Waals surface area contributed by atoms with Gasteiger partial charge in [0.25, 0.3) is 0 Å². The van der Waals surface area contributed by atoms with Gasteiger partial charge >= 0.3 is 0 Å². The zero-order chi connectivity index (χ0) is 24.4. The number of para-hydroxylation sites is 1. The number of unbranched alkanes of at least 4 members (excludes halogenated alkanes) is 3. The van der Waals surface area contributed by atoms with E-state index >= 15 is 0 Å². The Hall–Kier alpha value is -1.67. The molecular weight excluding hydrogens is 420 g/mol. The third-order valence-electron chi connectivity index (χ3n) is 7.70. The lowest BCUT2D eigenvalue weighted by atomic mass is 9.80. The van der Waals surface area contributed by atoms with E-state index in [2.05, 4.69) is 19.2 Å². The van der Waals surface area contributed by atoms with Crippen LogP contribution in [-0.4, -0.2) is 52.2 Å². The zero-order valence-electron chi connectivity index (χ0n) is 20.7. The van der Waals surface area contributed by atoms with Crippen LogP contribution in [-0.2, 0) is 4.79 Å². The molecule has 6 unspecified atom stereocenters. The smallest absolute Gasteiger partial charge is 0.243 e. The van der Waals surface area contributed by atoms with E-state index in [1.807, 2.05) is 38.2 Å². The number of aliphatic hydroxyl groups is 2. The van der Waals surface area contributed by atoms with Gasteiger partial charge in [-0.05, 0) is 83.4 Å². The number of hydrogen-bond donors (Lipinski definition) is 5. The van der Waals surface area contributed by atoms with Gasteiger partial charge in [0, 0.05) is 6.42 Å². The number of ether oxygens (including phenoxy) is 1. The maximum Gasteiger partial charge on any atom is 0.243 e. The summed E-state index contributed by atoms with van der Waals surface area (Å²) < 4.78 is 6.30. The summed E-state index contributed by atoms with van der Waals surface area (Å²) in [6.45, 7) is 6.28. The van der Waals surface area contributed by atoms with E-state index in [-0.39, 0.29) is 29.4 Å². The molecule has 2 rings (SSSR count). The summed E-state index contributed by atoms with van der Waals surface area (Å²) in [5.74, 6) is 0.697. The second kappa shape index (κ2) is 13.3. The van der Waals surface area contributed by atoms with Crippen LogP contribution in [0.2, 0.25) is 0 Å². The molecule has 0 aliphatic heterocycles. The predicted molar refractivity (Wildman–Crippen MR) is 129 cm³/mol. The molecule has 1 fully saturated rings. The molecule has 0 aromatic heterocycles. The van der Waals surface area contributed by atoms with Crippen LogP contribution >= 0.6 is 0 Å². The van der Waals surface area contributed by atoms with Crippen LogP contribution in [0.1, 0.15) is 77.2 Å². The maximum absolute atomic E-state index is 11.1. The number of hydroxylamine groups is 1. The number of hydrogen-bond acceptors (Lipinski definition) is 6. The van der Waals surface area contributed by atoms with Gasteiger partial charge in [-0.3, -0.25) is 10.0 Å². The highest BCUT2D eigenvalue weighted by Crippen LogP contribution is 2.40. The monoisotopic (exact) mass is 464 g/mol. The largest absolute Gasteiger partial charge is 0.489 e. The fourth-order valence-electron chi connectivity index (χ4n) is 5.06. The molecule has 1 amide bonds. The first-order valence-electron chi connectivity index (χ1n) is 12.4. The molecule has 1 aliphatic carbocycles. The van der Waals surface area contributed by atoms with Gasteiger partial charge in [0.1, 0.15) is 11.9 Å². The van der Waals surface area contributed by atoms with Gasteiger partial charge in [0.15, 0.2) is 0 Å². The van der Waals surface area contributed by atoms with Gasteiger partial charge < -0.3 is 20.3 Å². The summed E-state index contributed by atoms with van der Waals surface area (Å²) in [6.07, 6.45) is 5.87. The lowest BCUT2D eigenvalue weighted by Crippen LogP contribution is -2.52.